The Morgan fingerprint density at radius 3 is 2.43 bits per heavy atom. The third-order valence-electron chi connectivity index (χ3n) is 3.96. The topological polar surface area (TPSA) is 67.9 Å². The first-order valence-electron chi connectivity index (χ1n) is 7.89. The Kier molecular flexibility index (Phi) is 6.26. The number of hydrogen-bond donors (Lipinski definition) is 1. The second kappa shape index (κ2) is 8.41. The van der Waals surface area contributed by atoms with Gasteiger partial charge in [-0.2, -0.15) is 0 Å². The van der Waals surface area contributed by atoms with Gasteiger partial charge in [0.2, 0.25) is 11.8 Å². The van der Waals surface area contributed by atoms with Crippen LogP contribution in [0.3, 0.4) is 0 Å². The van der Waals surface area contributed by atoms with Crippen molar-refractivity contribution in [2.75, 3.05) is 33.9 Å². The van der Waals surface area contributed by atoms with Crippen molar-refractivity contribution in [2.45, 2.75) is 25.7 Å². The number of nitrogens with one attached hydrogen (secondary N) is 1. The highest BCUT2D eigenvalue weighted by atomic mass is 16.5. The number of ether oxygens (including phenoxy) is 2. The first kappa shape index (κ1) is 17.1. The van der Waals surface area contributed by atoms with Crippen LogP contribution < -0.4 is 14.8 Å². The summed E-state index contributed by atoms with van der Waals surface area (Å²) < 4.78 is 10.4. The molecule has 0 atom stereocenters. The zero-order valence-electron chi connectivity index (χ0n) is 13.8. The molecule has 1 aliphatic rings. The van der Waals surface area contributed by atoms with E-state index in [0.29, 0.717) is 11.5 Å². The maximum Gasteiger partial charge on any atom is 0.241 e. The van der Waals surface area contributed by atoms with Crippen molar-refractivity contribution in [1.29, 1.82) is 0 Å². The fraction of sp³-hybridized carbons (Fsp3) is 0.529. The van der Waals surface area contributed by atoms with Crippen molar-refractivity contribution in [1.82, 2.24) is 10.2 Å². The SMILES string of the molecule is COc1ccc(CC(=O)NCC(=O)N2CCCCC2)cc1OC. The number of benzene rings is 1. The number of likely N-dealkylation sites (tertiary alicyclic amines) is 1. The lowest BCUT2D eigenvalue weighted by molar-refractivity contribution is -0.133. The van der Waals surface area contributed by atoms with E-state index in [9.17, 15) is 9.59 Å². The van der Waals surface area contributed by atoms with Crippen LogP contribution in [0.1, 0.15) is 24.8 Å². The zero-order valence-corrected chi connectivity index (χ0v) is 13.8. The highest BCUT2D eigenvalue weighted by Gasteiger charge is 2.17. The molecule has 1 aromatic rings. The largest absolute Gasteiger partial charge is 0.493 e. The fourth-order valence-electron chi connectivity index (χ4n) is 2.67. The number of rotatable bonds is 6. The average Bonchev–Trinajstić information content (AvgIpc) is 2.60. The minimum Gasteiger partial charge on any atom is -0.493 e. The number of carbonyl (C=O) groups is 2. The molecular weight excluding hydrogens is 296 g/mol. The molecule has 1 saturated heterocycles. The lowest BCUT2D eigenvalue weighted by Gasteiger charge is -2.26. The summed E-state index contributed by atoms with van der Waals surface area (Å²) in [4.78, 5) is 25.8. The minimum absolute atomic E-state index is 0.00892. The van der Waals surface area contributed by atoms with E-state index in [0.717, 1.165) is 31.5 Å². The number of nitrogens with zero attached hydrogens (tertiary/aromatic N) is 1. The van der Waals surface area contributed by atoms with Crippen LogP contribution in [0.5, 0.6) is 11.5 Å². The van der Waals surface area contributed by atoms with E-state index >= 15 is 0 Å². The van der Waals surface area contributed by atoms with Crippen LogP contribution in [-0.2, 0) is 16.0 Å². The molecule has 2 rings (SSSR count). The third kappa shape index (κ3) is 4.87. The molecule has 0 spiro atoms. The minimum atomic E-state index is -0.178. The van der Waals surface area contributed by atoms with Gasteiger partial charge in [-0.1, -0.05) is 6.07 Å². The second-order valence-electron chi connectivity index (χ2n) is 5.58. The van der Waals surface area contributed by atoms with E-state index in [1.54, 1.807) is 26.4 Å². The van der Waals surface area contributed by atoms with E-state index in [4.69, 9.17) is 9.47 Å². The summed E-state index contributed by atoms with van der Waals surface area (Å²) in [7, 11) is 3.12. The summed E-state index contributed by atoms with van der Waals surface area (Å²) >= 11 is 0. The molecule has 1 aromatic carbocycles. The molecule has 0 unspecified atom stereocenters. The van der Waals surface area contributed by atoms with Crippen molar-refractivity contribution in [3.63, 3.8) is 0 Å². The van der Waals surface area contributed by atoms with Crippen LogP contribution in [0.2, 0.25) is 0 Å². The Morgan fingerprint density at radius 2 is 1.78 bits per heavy atom. The molecule has 0 aliphatic carbocycles. The van der Waals surface area contributed by atoms with Crippen molar-refractivity contribution in [2.24, 2.45) is 0 Å². The lowest BCUT2D eigenvalue weighted by Crippen LogP contribution is -2.42. The molecule has 6 nitrogen and oxygen atoms in total. The predicted molar refractivity (Wildman–Crippen MR) is 86.7 cm³/mol. The van der Waals surface area contributed by atoms with Gasteiger partial charge in [0.15, 0.2) is 11.5 Å². The Labute approximate surface area is 136 Å². The van der Waals surface area contributed by atoms with Gasteiger partial charge in [0.1, 0.15) is 0 Å². The quantitative estimate of drug-likeness (QED) is 0.860. The van der Waals surface area contributed by atoms with Crippen LogP contribution in [0.25, 0.3) is 0 Å². The third-order valence-corrected chi connectivity index (χ3v) is 3.96. The van der Waals surface area contributed by atoms with Crippen LogP contribution in [0, 0.1) is 0 Å². The second-order valence-corrected chi connectivity index (χ2v) is 5.58. The number of amides is 2. The molecular formula is C17H24N2O4. The smallest absolute Gasteiger partial charge is 0.241 e. The van der Waals surface area contributed by atoms with E-state index in [1.165, 1.54) is 6.42 Å². The molecule has 2 amide bonds. The highest BCUT2D eigenvalue weighted by molar-refractivity contribution is 5.85. The van der Waals surface area contributed by atoms with Gasteiger partial charge in [0.25, 0.3) is 0 Å². The van der Waals surface area contributed by atoms with Crippen molar-refractivity contribution in [3.8, 4) is 11.5 Å². The van der Waals surface area contributed by atoms with E-state index in [-0.39, 0.29) is 24.8 Å². The number of hydrogen-bond acceptors (Lipinski definition) is 4. The maximum atomic E-state index is 12.0. The summed E-state index contributed by atoms with van der Waals surface area (Å²) in [5.41, 5.74) is 0.811. The molecule has 0 aromatic heterocycles. The first-order chi connectivity index (χ1) is 11.1. The highest BCUT2D eigenvalue weighted by Crippen LogP contribution is 2.27. The van der Waals surface area contributed by atoms with Gasteiger partial charge in [-0.25, -0.2) is 0 Å². The van der Waals surface area contributed by atoms with Crippen LogP contribution in [-0.4, -0.2) is 50.6 Å². The Balaban J connectivity index is 1.83. The molecule has 0 bridgehead atoms. The van der Waals surface area contributed by atoms with E-state index < -0.39 is 0 Å². The maximum absolute atomic E-state index is 12.0. The molecule has 1 fully saturated rings. The predicted octanol–water partition coefficient (Wildman–Crippen LogP) is 1.37. The molecule has 1 N–H and O–H groups in total. The molecule has 6 heteroatoms. The normalized spacial score (nSPS) is 14.3. The number of methoxy groups -OCH3 is 2. The summed E-state index contributed by atoms with van der Waals surface area (Å²) in [5.74, 6) is 1.02. The molecule has 1 heterocycles. The summed E-state index contributed by atoms with van der Waals surface area (Å²) in [5, 5.41) is 2.69. The van der Waals surface area contributed by atoms with Crippen molar-refractivity contribution >= 4 is 11.8 Å². The molecule has 0 saturated carbocycles. The first-order valence-corrected chi connectivity index (χ1v) is 7.89. The van der Waals surface area contributed by atoms with Crippen molar-refractivity contribution < 1.29 is 19.1 Å². The monoisotopic (exact) mass is 320 g/mol. The summed E-state index contributed by atoms with van der Waals surface area (Å²) in [6.07, 6.45) is 3.47. The zero-order chi connectivity index (χ0) is 16.7. The Morgan fingerprint density at radius 1 is 1.09 bits per heavy atom. The van der Waals surface area contributed by atoms with Gasteiger partial charge in [-0.3, -0.25) is 9.59 Å². The molecule has 0 radical (unpaired) electrons. The van der Waals surface area contributed by atoms with Crippen molar-refractivity contribution in [3.05, 3.63) is 23.8 Å². The standard InChI is InChI=1S/C17H24N2O4/c1-22-14-7-6-13(10-15(14)23-2)11-16(20)18-12-17(21)19-8-4-3-5-9-19/h6-7,10H,3-5,8-9,11-12H2,1-2H3,(H,18,20). The average molecular weight is 320 g/mol. The van der Waals surface area contributed by atoms with E-state index in [1.807, 2.05) is 11.0 Å². The Hall–Kier alpha value is -2.24. The number of carbonyl (C=O) groups excluding carboxylic acids is 2. The van der Waals surface area contributed by atoms with Gasteiger partial charge in [0.05, 0.1) is 27.2 Å². The van der Waals surface area contributed by atoms with E-state index in [2.05, 4.69) is 5.32 Å². The summed E-state index contributed by atoms with van der Waals surface area (Å²) in [6.45, 7) is 1.65. The molecule has 126 valence electrons. The lowest BCUT2D eigenvalue weighted by atomic mass is 10.1. The molecule has 1 aliphatic heterocycles. The van der Waals surface area contributed by atoms with Gasteiger partial charge in [0, 0.05) is 13.1 Å². The van der Waals surface area contributed by atoms with Gasteiger partial charge in [-0.15, -0.1) is 0 Å². The summed E-state index contributed by atoms with van der Waals surface area (Å²) in [6, 6.07) is 5.35. The van der Waals surface area contributed by atoms with Gasteiger partial charge < -0.3 is 19.7 Å². The fourth-order valence-corrected chi connectivity index (χ4v) is 2.67. The van der Waals surface area contributed by atoms with Crippen LogP contribution in [0.4, 0.5) is 0 Å². The van der Waals surface area contributed by atoms with Crippen LogP contribution >= 0.6 is 0 Å². The van der Waals surface area contributed by atoms with Crippen LogP contribution in [0.15, 0.2) is 18.2 Å². The van der Waals surface area contributed by atoms with Gasteiger partial charge in [-0.05, 0) is 37.0 Å². The van der Waals surface area contributed by atoms with Gasteiger partial charge >= 0.3 is 0 Å². The molecule has 23 heavy (non-hydrogen) atoms. The Bertz CT molecular complexity index is 554. The number of piperidine rings is 1.